The third-order valence-corrected chi connectivity index (χ3v) is 2.14. The van der Waals surface area contributed by atoms with Crippen LogP contribution in [0, 0.1) is 0 Å². The van der Waals surface area contributed by atoms with E-state index >= 15 is 0 Å². The summed E-state index contributed by atoms with van der Waals surface area (Å²) < 4.78 is 0. The fourth-order valence-corrected chi connectivity index (χ4v) is 1.54. The molecule has 1 aromatic carbocycles. The first kappa shape index (κ1) is 7.25. The molecule has 3 rings (SSSR count). The lowest BCUT2D eigenvalue weighted by Crippen LogP contribution is -2.10. The van der Waals surface area contributed by atoms with Crippen molar-refractivity contribution in [1.29, 1.82) is 0 Å². The van der Waals surface area contributed by atoms with Gasteiger partial charge in [-0.3, -0.25) is 0 Å². The van der Waals surface area contributed by atoms with Crippen LogP contribution >= 0.6 is 0 Å². The van der Waals surface area contributed by atoms with E-state index in [9.17, 15) is 4.79 Å². The Balaban J connectivity index is 2.65. The van der Waals surface area contributed by atoms with Crippen LogP contribution in [0.1, 0.15) is 0 Å². The van der Waals surface area contributed by atoms with Crippen LogP contribution in [-0.2, 0) is 0 Å². The quantitative estimate of drug-likeness (QED) is 0.545. The number of rotatable bonds is 0. The Morgan fingerprint density at radius 3 is 3.00 bits per heavy atom. The molecule has 0 aliphatic rings. The summed E-state index contributed by atoms with van der Waals surface area (Å²) in [6.45, 7) is 0. The summed E-state index contributed by atoms with van der Waals surface area (Å²) in [4.78, 5) is 17.9. The zero-order chi connectivity index (χ0) is 9.54. The molecule has 0 bridgehead atoms. The highest BCUT2D eigenvalue weighted by molar-refractivity contribution is 6.02. The summed E-state index contributed by atoms with van der Waals surface area (Å²) >= 11 is 0. The third kappa shape index (κ3) is 0.861. The first-order valence-corrected chi connectivity index (χ1v) is 4.18. The van der Waals surface area contributed by atoms with Crippen LogP contribution in [0.4, 0.5) is 0 Å². The van der Waals surface area contributed by atoms with E-state index in [1.807, 2.05) is 24.3 Å². The molecule has 0 amide bonds. The maximum atomic E-state index is 11.0. The molecule has 3 aromatic rings. The first-order chi connectivity index (χ1) is 6.84. The largest absolute Gasteiger partial charge is 0.362 e. The monoisotopic (exact) mass is 186 g/mol. The molecule has 0 fully saturated rings. The van der Waals surface area contributed by atoms with Crippen molar-refractivity contribution in [2.24, 2.45) is 0 Å². The van der Waals surface area contributed by atoms with Crippen molar-refractivity contribution in [3.63, 3.8) is 0 Å². The Bertz CT molecular complexity index is 667. The van der Waals surface area contributed by atoms with Crippen molar-refractivity contribution < 1.29 is 0 Å². The molecular weight excluding hydrogens is 180 g/mol. The molecular formula is C9H6N4O. The fraction of sp³-hybridized carbons (Fsp3) is 0. The first-order valence-electron chi connectivity index (χ1n) is 4.18. The average Bonchev–Trinajstić information content (AvgIpc) is 2.56. The van der Waals surface area contributed by atoms with E-state index in [0.717, 1.165) is 10.9 Å². The highest BCUT2D eigenvalue weighted by atomic mass is 16.1. The molecule has 68 valence electrons. The number of hydrogen-bond acceptors (Lipinski definition) is 3. The minimum Gasteiger partial charge on any atom is -0.336 e. The zero-order valence-corrected chi connectivity index (χ0v) is 7.11. The van der Waals surface area contributed by atoms with E-state index in [1.54, 1.807) is 0 Å². The van der Waals surface area contributed by atoms with Gasteiger partial charge in [-0.2, -0.15) is 10.1 Å². The van der Waals surface area contributed by atoms with E-state index in [-0.39, 0.29) is 0 Å². The van der Waals surface area contributed by atoms with Gasteiger partial charge in [0.15, 0.2) is 5.65 Å². The van der Waals surface area contributed by atoms with Crippen molar-refractivity contribution in [3.05, 3.63) is 34.7 Å². The van der Waals surface area contributed by atoms with Crippen LogP contribution in [0.3, 0.4) is 0 Å². The van der Waals surface area contributed by atoms with Crippen molar-refractivity contribution in [2.75, 3.05) is 0 Å². The SMILES string of the molecule is O=c1nc2c(n[nH]1)[nH]c1ccccc12. The molecule has 0 unspecified atom stereocenters. The number of hydrogen-bond donors (Lipinski definition) is 2. The van der Waals surface area contributed by atoms with Gasteiger partial charge in [-0.05, 0) is 6.07 Å². The smallest absolute Gasteiger partial charge is 0.336 e. The second-order valence-electron chi connectivity index (χ2n) is 3.01. The molecule has 0 radical (unpaired) electrons. The van der Waals surface area contributed by atoms with E-state index < -0.39 is 5.69 Å². The molecule has 0 aliphatic heterocycles. The summed E-state index contributed by atoms with van der Waals surface area (Å²) in [7, 11) is 0. The van der Waals surface area contributed by atoms with E-state index in [1.165, 1.54) is 0 Å². The molecule has 0 atom stereocenters. The van der Waals surface area contributed by atoms with Gasteiger partial charge in [-0.15, -0.1) is 0 Å². The Morgan fingerprint density at radius 1 is 1.21 bits per heavy atom. The molecule has 0 aliphatic carbocycles. The lowest BCUT2D eigenvalue weighted by Gasteiger charge is -1.86. The van der Waals surface area contributed by atoms with Gasteiger partial charge in [0.2, 0.25) is 0 Å². The lowest BCUT2D eigenvalue weighted by atomic mass is 10.2. The minimum absolute atomic E-state index is 0.428. The Morgan fingerprint density at radius 2 is 2.07 bits per heavy atom. The zero-order valence-electron chi connectivity index (χ0n) is 7.11. The van der Waals surface area contributed by atoms with Crippen LogP contribution in [0.15, 0.2) is 29.1 Å². The van der Waals surface area contributed by atoms with Crippen molar-refractivity contribution >= 4 is 22.1 Å². The van der Waals surface area contributed by atoms with Crippen LogP contribution in [0.25, 0.3) is 22.1 Å². The molecule has 2 N–H and O–H groups in total. The molecule has 0 saturated carbocycles. The fourth-order valence-electron chi connectivity index (χ4n) is 1.54. The molecule has 2 aromatic heterocycles. The third-order valence-electron chi connectivity index (χ3n) is 2.14. The van der Waals surface area contributed by atoms with Gasteiger partial charge in [0, 0.05) is 10.9 Å². The second kappa shape index (κ2) is 2.41. The van der Waals surface area contributed by atoms with Crippen molar-refractivity contribution in [3.8, 4) is 0 Å². The standard InChI is InChI=1S/C9H6N4O/c14-9-11-7-5-3-1-2-4-6(5)10-8(7)12-13-9/h1-4H,(H,10,12)(H,11,13,14). The average molecular weight is 186 g/mol. The Labute approximate surface area is 77.8 Å². The molecule has 5 nitrogen and oxygen atoms in total. The molecule has 0 spiro atoms. The molecule has 2 heterocycles. The van der Waals surface area contributed by atoms with E-state index in [2.05, 4.69) is 20.2 Å². The number of para-hydroxylation sites is 1. The van der Waals surface area contributed by atoms with Crippen LogP contribution in [-0.4, -0.2) is 20.2 Å². The summed E-state index contributed by atoms with van der Waals surface area (Å²) in [5, 5.41) is 7.07. The number of aromatic nitrogens is 4. The summed E-state index contributed by atoms with van der Waals surface area (Å²) in [5.41, 5.74) is 1.72. The number of fused-ring (bicyclic) bond motifs is 3. The van der Waals surface area contributed by atoms with E-state index in [0.29, 0.717) is 11.2 Å². The Kier molecular flexibility index (Phi) is 1.25. The van der Waals surface area contributed by atoms with Crippen LogP contribution in [0.5, 0.6) is 0 Å². The van der Waals surface area contributed by atoms with Crippen LogP contribution < -0.4 is 5.69 Å². The van der Waals surface area contributed by atoms with Gasteiger partial charge in [0.05, 0.1) is 0 Å². The van der Waals surface area contributed by atoms with Crippen molar-refractivity contribution in [1.82, 2.24) is 20.2 Å². The highest BCUT2D eigenvalue weighted by Crippen LogP contribution is 2.19. The lowest BCUT2D eigenvalue weighted by molar-refractivity contribution is 0.955. The van der Waals surface area contributed by atoms with Gasteiger partial charge in [0.25, 0.3) is 0 Å². The predicted octanol–water partition coefficient (Wildman–Crippen LogP) is 0.799. The summed E-state index contributed by atoms with van der Waals surface area (Å²) in [5.74, 6) is 0. The van der Waals surface area contributed by atoms with Gasteiger partial charge in [0.1, 0.15) is 5.52 Å². The van der Waals surface area contributed by atoms with Crippen LogP contribution in [0.2, 0.25) is 0 Å². The molecule has 5 heteroatoms. The summed E-state index contributed by atoms with van der Waals surface area (Å²) in [6.07, 6.45) is 0. The normalized spacial score (nSPS) is 11.1. The predicted molar refractivity (Wildman–Crippen MR) is 52.0 cm³/mol. The highest BCUT2D eigenvalue weighted by Gasteiger charge is 2.05. The number of nitrogens with zero attached hydrogens (tertiary/aromatic N) is 2. The number of aromatic amines is 2. The molecule has 14 heavy (non-hydrogen) atoms. The Hall–Kier alpha value is -2.17. The van der Waals surface area contributed by atoms with Crippen molar-refractivity contribution in [2.45, 2.75) is 0 Å². The summed E-state index contributed by atoms with van der Waals surface area (Å²) in [6, 6.07) is 7.64. The van der Waals surface area contributed by atoms with E-state index in [4.69, 9.17) is 0 Å². The topological polar surface area (TPSA) is 74.4 Å². The van der Waals surface area contributed by atoms with Gasteiger partial charge in [-0.1, -0.05) is 18.2 Å². The maximum Gasteiger partial charge on any atom is 0.362 e. The van der Waals surface area contributed by atoms with Gasteiger partial charge >= 0.3 is 5.69 Å². The number of benzene rings is 1. The van der Waals surface area contributed by atoms with Gasteiger partial charge in [-0.25, -0.2) is 9.89 Å². The number of nitrogens with one attached hydrogen (secondary N) is 2. The second-order valence-corrected chi connectivity index (χ2v) is 3.01. The maximum absolute atomic E-state index is 11.0. The number of H-pyrrole nitrogens is 2. The van der Waals surface area contributed by atoms with Gasteiger partial charge < -0.3 is 4.98 Å². The molecule has 0 saturated heterocycles. The minimum atomic E-state index is -0.428.